The fourth-order valence-corrected chi connectivity index (χ4v) is 2.07. The van der Waals surface area contributed by atoms with Gasteiger partial charge in [-0.25, -0.2) is 9.97 Å². The van der Waals surface area contributed by atoms with Crippen LogP contribution in [-0.4, -0.2) is 27.6 Å². The van der Waals surface area contributed by atoms with Crippen LogP contribution in [-0.2, 0) is 6.42 Å². The number of pyridine rings is 1. The van der Waals surface area contributed by atoms with E-state index >= 15 is 0 Å². The van der Waals surface area contributed by atoms with E-state index in [9.17, 15) is 0 Å². The molecule has 3 heterocycles. The summed E-state index contributed by atoms with van der Waals surface area (Å²) in [6.07, 6.45) is 2.80. The third kappa shape index (κ3) is 1.25. The minimum Gasteiger partial charge on any atom is -0.313 e. The summed E-state index contributed by atoms with van der Waals surface area (Å²) in [5.41, 5.74) is 2.04. The molecule has 2 aromatic heterocycles. The highest BCUT2D eigenvalue weighted by atomic mass is 15.2. The monoisotopic (exact) mass is 202 g/mol. The highest BCUT2D eigenvalue weighted by Crippen LogP contribution is 2.21. The molecular formula is C11H14N4. The van der Waals surface area contributed by atoms with Crippen molar-refractivity contribution in [3.8, 4) is 0 Å². The molecule has 0 radical (unpaired) electrons. The Bertz CT molecular complexity index is 484. The minimum atomic E-state index is 0.542. The van der Waals surface area contributed by atoms with Crippen LogP contribution in [0, 0.1) is 0 Å². The van der Waals surface area contributed by atoms with Gasteiger partial charge in [-0.1, -0.05) is 6.92 Å². The fraction of sp³-hybridized carbons (Fsp3) is 0.455. The van der Waals surface area contributed by atoms with Crippen LogP contribution in [0.3, 0.4) is 0 Å². The van der Waals surface area contributed by atoms with Crippen LogP contribution in [0.4, 0.5) is 0 Å². The van der Waals surface area contributed by atoms with Crippen LogP contribution in [0.2, 0.25) is 0 Å². The number of hydrogen-bond acceptors (Lipinski definition) is 3. The van der Waals surface area contributed by atoms with E-state index in [1.807, 2.05) is 18.3 Å². The maximum Gasteiger partial charge on any atom is 0.160 e. The van der Waals surface area contributed by atoms with Crippen molar-refractivity contribution >= 4 is 11.2 Å². The number of hydrogen-bond donors (Lipinski definition) is 1. The van der Waals surface area contributed by atoms with E-state index in [4.69, 9.17) is 0 Å². The van der Waals surface area contributed by atoms with E-state index in [1.165, 1.54) is 0 Å². The van der Waals surface area contributed by atoms with Crippen LogP contribution < -0.4 is 5.32 Å². The summed E-state index contributed by atoms with van der Waals surface area (Å²) in [5, 5.41) is 3.29. The van der Waals surface area contributed by atoms with Gasteiger partial charge >= 0.3 is 0 Å². The smallest absolute Gasteiger partial charge is 0.160 e. The number of rotatable bonds is 2. The Hall–Kier alpha value is -1.42. The lowest BCUT2D eigenvalue weighted by Gasteiger charge is -2.29. The predicted molar refractivity (Wildman–Crippen MR) is 58.8 cm³/mol. The maximum absolute atomic E-state index is 4.61. The number of fused-ring (bicyclic) bond motifs is 1. The standard InChI is InChI=1S/C11H14N4/c1-2-10-14-9-4-3-5-13-11(9)15(10)8-6-12-7-8/h3-5,8,12H,2,6-7H2,1H3. The van der Waals surface area contributed by atoms with E-state index < -0.39 is 0 Å². The molecule has 4 heteroatoms. The normalized spacial score (nSPS) is 16.9. The quantitative estimate of drug-likeness (QED) is 0.794. The summed E-state index contributed by atoms with van der Waals surface area (Å²) >= 11 is 0. The van der Waals surface area contributed by atoms with Crippen LogP contribution >= 0.6 is 0 Å². The number of aryl methyl sites for hydroxylation is 1. The number of nitrogens with one attached hydrogen (secondary N) is 1. The third-order valence-electron chi connectivity index (χ3n) is 2.96. The van der Waals surface area contributed by atoms with Gasteiger partial charge in [-0.2, -0.15) is 0 Å². The molecule has 1 N–H and O–H groups in total. The molecule has 78 valence electrons. The van der Waals surface area contributed by atoms with Gasteiger partial charge in [0.2, 0.25) is 0 Å². The molecule has 0 unspecified atom stereocenters. The van der Waals surface area contributed by atoms with E-state index in [1.54, 1.807) is 0 Å². The molecule has 0 amide bonds. The number of nitrogens with zero attached hydrogens (tertiary/aromatic N) is 3. The van der Waals surface area contributed by atoms with Gasteiger partial charge in [-0.3, -0.25) is 0 Å². The summed E-state index contributed by atoms with van der Waals surface area (Å²) in [5.74, 6) is 1.15. The van der Waals surface area contributed by atoms with E-state index in [0.717, 1.165) is 36.5 Å². The molecule has 0 aliphatic carbocycles. The molecular weight excluding hydrogens is 188 g/mol. The molecule has 0 atom stereocenters. The minimum absolute atomic E-state index is 0.542. The first-order valence-electron chi connectivity index (χ1n) is 5.42. The van der Waals surface area contributed by atoms with E-state index in [2.05, 4.69) is 26.8 Å². The summed E-state index contributed by atoms with van der Waals surface area (Å²) in [6.45, 7) is 4.22. The van der Waals surface area contributed by atoms with Crippen LogP contribution in [0.1, 0.15) is 18.8 Å². The predicted octanol–water partition coefficient (Wildman–Crippen LogP) is 1.14. The first kappa shape index (κ1) is 8.85. The molecule has 0 aromatic carbocycles. The Morgan fingerprint density at radius 2 is 2.40 bits per heavy atom. The third-order valence-corrected chi connectivity index (χ3v) is 2.96. The Morgan fingerprint density at radius 3 is 3.07 bits per heavy atom. The molecule has 0 spiro atoms. The molecule has 2 aromatic rings. The first-order chi connectivity index (χ1) is 7.40. The van der Waals surface area contributed by atoms with Crippen molar-refractivity contribution in [3.05, 3.63) is 24.2 Å². The van der Waals surface area contributed by atoms with Crippen LogP contribution in [0.15, 0.2) is 18.3 Å². The van der Waals surface area contributed by atoms with Gasteiger partial charge < -0.3 is 9.88 Å². The molecule has 1 aliphatic rings. The second-order valence-electron chi connectivity index (χ2n) is 3.91. The lowest BCUT2D eigenvalue weighted by Crippen LogP contribution is -2.44. The van der Waals surface area contributed by atoms with Gasteiger partial charge in [-0.05, 0) is 12.1 Å². The van der Waals surface area contributed by atoms with Crippen molar-refractivity contribution < 1.29 is 0 Å². The zero-order valence-electron chi connectivity index (χ0n) is 8.77. The molecule has 0 bridgehead atoms. The Balaban J connectivity index is 2.22. The van der Waals surface area contributed by atoms with Crippen molar-refractivity contribution in [3.63, 3.8) is 0 Å². The Morgan fingerprint density at radius 1 is 1.53 bits per heavy atom. The Labute approximate surface area is 88.3 Å². The van der Waals surface area contributed by atoms with Gasteiger partial charge in [0.1, 0.15) is 11.3 Å². The highest BCUT2D eigenvalue weighted by molar-refractivity contribution is 5.71. The molecule has 3 rings (SSSR count). The van der Waals surface area contributed by atoms with Gasteiger partial charge in [0.15, 0.2) is 5.65 Å². The zero-order valence-corrected chi connectivity index (χ0v) is 8.77. The number of imidazole rings is 1. The van der Waals surface area contributed by atoms with Crippen molar-refractivity contribution in [2.45, 2.75) is 19.4 Å². The second kappa shape index (κ2) is 3.31. The van der Waals surface area contributed by atoms with Crippen molar-refractivity contribution in [1.82, 2.24) is 19.9 Å². The molecule has 1 saturated heterocycles. The SMILES string of the molecule is CCc1nc2cccnc2n1C1CNC1. The molecule has 1 fully saturated rings. The Kier molecular flexibility index (Phi) is 1.95. The van der Waals surface area contributed by atoms with Gasteiger partial charge in [0.05, 0.1) is 6.04 Å². The summed E-state index contributed by atoms with van der Waals surface area (Å²) < 4.78 is 2.28. The lowest BCUT2D eigenvalue weighted by molar-refractivity contribution is 0.342. The summed E-state index contributed by atoms with van der Waals surface area (Å²) in [7, 11) is 0. The largest absolute Gasteiger partial charge is 0.313 e. The first-order valence-corrected chi connectivity index (χ1v) is 5.42. The van der Waals surface area contributed by atoms with Gasteiger partial charge in [-0.15, -0.1) is 0 Å². The number of aromatic nitrogens is 3. The van der Waals surface area contributed by atoms with Crippen molar-refractivity contribution in [1.29, 1.82) is 0 Å². The molecule has 15 heavy (non-hydrogen) atoms. The molecule has 4 nitrogen and oxygen atoms in total. The topological polar surface area (TPSA) is 42.7 Å². The van der Waals surface area contributed by atoms with Crippen molar-refractivity contribution in [2.24, 2.45) is 0 Å². The fourth-order valence-electron chi connectivity index (χ4n) is 2.07. The van der Waals surface area contributed by atoms with Crippen LogP contribution in [0.25, 0.3) is 11.2 Å². The van der Waals surface area contributed by atoms with Crippen molar-refractivity contribution in [2.75, 3.05) is 13.1 Å². The van der Waals surface area contributed by atoms with Crippen LogP contribution in [0.5, 0.6) is 0 Å². The van der Waals surface area contributed by atoms with E-state index in [-0.39, 0.29) is 0 Å². The highest BCUT2D eigenvalue weighted by Gasteiger charge is 2.23. The average molecular weight is 202 g/mol. The maximum atomic E-state index is 4.61. The van der Waals surface area contributed by atoms with Gasteiger partial charge in [0, 0.05) is 25.7 Å². The zero-order chi connectivity index (χ0) is 10.3. The summed E-state index contributed by atoms with van der Waals surface area (Å²) in [4.78, 5) is 9.03. The lowest BCUT2D eigenvalue weighted by atomic mass is 10.1. The summed E-state index contributed by atoms with van der Waals surface area (Å²) in [6, 6.07) is 4.52. The van der Waals surface area contributed by atoms with Gasteiger partial charge in [0.25, 0.3) is 0 Å². The average Bonchev–Trinajstić information content (AvgIpc) is 2.55. The van der Waals surface area contributed by atoms with E-state index in [0.29, 0.717) is 6.04 Å². The second-order valence-corrected chi connectivity index (χ2v) is 3.91. The molecule has 0 saturated carbocycles. The molecule has 1 aliphatic heterocycles.